The summed E-state index contributed by atoms with van der Waals surface area (Å²) in [6, 6.07) is 5.10. The van der Waals surface area contributed by atoms with Crippen molar-refractivity contribution in [3.63, 3.8) is 0 Å². The number of benzene rings is 1. The third-order valence-electron chi connectivity index (χ3n) is 2.36. The van der Waals surface area contributed by atoms with E-state index in [0.717, 1.165) is 19.3 Å². The van der Waals surface area contributed by atoms with Crippen LogP contribution in [0.2, 0.25) is 10.0 Å². The van der Waals surface area contributed by atoms with Crippen LogP contribution in [0.15, 0.2) is 18.2 Å². The van der Waals surface area contributed by atoms with E-state index in [1.165, 1.54) is 0 Å². The number of hydrazine groups is 1. The molecule has 1 amide bonds. The lowest BCUT2D eigenvalue weighted by Gasteiger charge is -2.08. The molecule has 0 radical (unpaired) electrons. The summed E-state index contributed by atoms with van der Waals surface area (Å²) in [7, 11) is 0. The Morgan fingerprint density at radius 1 is 1.28 bits per heavy atom. The molecule has 0 heterocycles. The van der Waals surface area contributed by atoms with Crippen molar-refractivity contribution in [1.29, 1.82) is 0 Å². The summed E-state index contributed by atoms with van der Waals surface area (Å²) >= 11 is 11.8. The third kappa shape index (κ3) is 5.58. The molecule has 0 atom stereocenters. The maximum Gasteiger partial charge on any atom is 0.233 e. The van der Waals surface area contributed by atoms with E-state index in [4.69, 9.17) is 33.8 Å². The highest BCUT2D eigenvalue weighted by atomic mass is 35.5. The molecule has 6 heteroatoms. The summed E-state index contributed by atoms with van der Waals surface area (Å²) in [6.45, 7) is 0.546. The zero-order valence-corrected chi connectivity index (χ0v) is 11.4. The summed E-state index contributed by atoms with van der Waals surface area (Å²) in [5.74, 6) is 5.41. The minimum Gasteiger partial charge on any atom is -0.492 e. The lowest BCUT2D eigenvalue weighted by molar-refractivity contribution is -0.121. The lowest BCUT2D eigenvalue weighted by Crippen LogP contribution is -2.29. The van der Waals surface area contributed by atoms with Gasteiger partial charge in [0.2, 0.25) is 5.91 Å². The SMILES string of the molecule is NNC(=O)CCCCCOc1cc(Cl)ccc1Cl. The van der Waals surface area contributed by atoms with Crippen molar-refractivity contribution in [2.45, 2.75) is 25.7 Å². The predicted octanol–water partition coefficient (Wildman–Crippen LogP) is 2.92. The van der Waals surface area contributed by atoms with Gasteiger partial charge < -0.3 is 4.74 Å². The first-order chi connectivity index (χ1) is 8.63. The van der Waals surface area contributed by atoms with Crippen LogP contribution >= 0.6 is 23.2 Å². The Labute approximate surface area is 116 Å². The first kappa shape index (κ1) is 15.1. The van der Waals surface area contributed by atoms with Gasteiger partial charge in [0, 0.05) is 17.5 Å². The van der Waals surface area contributed by atoms with Crippen LogP contribution in [0.5, 0.6) is 5.75 Å². The molecule has 0 aliphatic carbocycles. The molecule has 0 aliphatic rings. The molecular formula is C12H16Cl2N2O2. The van der Waals surface area contributed by atoms with Crippen molar-refractivity contribution in [1.82, 2.24) is 5.43 Å². The first-order valence-electron chi connectivity index (χ1n) is 5.71. The van der Waals surface area contributed by atoms with Crippen LogP contribution in [-0.4, -0.2) is 12.5 Å². The number of amides is 1. The van der Waals surface area contributed by atoms with Crippen molar-refractivity contribution in [3.05, 3.63) is 28.2 Å². The van der Waals surface area contributed by atoms with Crippen molar-refractivity contribution < 1.29 is 9.53 Å². The molecule has 0 spiro atoms. The number of carbonyl (C=O) groups is 1. The van der Waals surface area contributed by atoms with Crippen molar-refractivity contribution in [3.8, 4) is 5.75 Å². The molecule has 4 nitrogen and oxygen atoms in total. The smallest absolute Gasteiger partial charge is 0.233 e. The molecule has 1 aromatic carbocycles. The molecule has 100 valence electrons. The Kier molecular flexibility index (Phi) is 6.86. The van der Waals surface area contributed by atoms with E-state index in [-0.39, 0.29) is 5.91 Å². The third-order valence-corrected chi connectivity index (χ3v) is 2.91. The monoisotopic (exact) mass is 290 g/mol. The molecule has 0 unspecified atom stereocenters. The molecule has 1 aromatic rings. The minimum atomic E-state index is -0.145. The zero-order valence-electron chi connectivity index (χ0n) is 9.92. The number of ether oxygens (including phenoxy) is 1. The normalized spacial score (nSPS) is 10.2. The standard InChI is InChI=1S/C12H16Cl2N2O2/c13-9-5-6-10(14)11(8-9)18-7-3-1-2-4-12(17)16-15/h5-6,8H,1-4,7,15H2,(H,16,17). The quantitative estimate of drug-likeness (QED) is 0.351. The van der Waals surface area contributed by atoms with Crippen molar-refractivity contribution >= 4 is 29.1 Å². The fraction of sp³-hybridized carbons (Fsp3) is 0.417. The van der Waals surface area contributed by atoms with Crippen LogP contribution in [0.3, 0.4) is 0 Å². The van der Waals surface area contributed by atoms with Crippen LogP contribution in [0, 0.1) is 0 Å². The molecule has 3 N–H and O–H groups in total. The Morgan fingerprint density at radius 2 is 2.06 bits per heavy atom. The van der Waals surface area contributed by atoms with Crippen LogP contribution in [-0.2, 0) is 4.79 Å². The van der Waals surface area contributed by atoms with Crippen LogP contribution in [0.4, 0.5) is 0 Å². The van der Waals surface area contributed by atoms with Gasteiger partial charge in [-0.05, 0) is 31.4 Å². The molecular weight excluding hydrogens is 275 g/mol. The molecule has 0 aliphatic heterocycles. The largest absolute Gasteiger partial charge is 0.492 e. The summed E-state index contributed by atoms with van der Waals surface area (Å²) in [5, 5.41) is 1.14. The molecule has 1 rings (SSSR count). The average molecular weight is 291 g/mol. The van der Waals surface area contributed by atoms with Crippen molar-refractivity contribution in [2.24, 2.45) is 5.84 Å². The highest BCUT2D eigenvalue weighted by molar-refractivity contribution is 6.34. The summed E-state index contributed by atoms with van der Waals surface area (Å²) in [6.07, 6.45) is 2.97. The number of rotatable bonds is 7. The fourth-order valence-electron chi connectivity index (χ4n) is 1.41. The Bertz CT molecular complexity index is 400. The predicted molar refractivity (Wildman–Crippen MR) is 72.8 cm³/mol. The second-order valence-electron chi connectivity index (χ2n) is 3.80. The number of nitrogens with one attached hydrogen (secondary N) is 1. The molecule has 0 bridgehead atoms. The van der Waals surface area contributed by atoms with E-state index in [2.05, 4.69) is 5.43 Å². The Hall–Kier alpha value is -0.970. The van der Waals surface area contributed by atoms with Gasteiger partial charge >= 0.3 is 0 Å². The first-order valence-corrected chi connectivity index (χ1v) is 6.46. The maximum absolute atomic E-state index is 10.8. The van der Waals surface area contributed by atoms with Gasteiger partial charge in [0.15, 0.2) is 0 Å². The second-order valence-corrected chi connectivity index (χ2v) is 4.65. The van der Waals surface area contributed by atoms with Crippen molar-refractivity contribution in [2.75, 3.05) is 6.61 Å². The van der Waals surface area contributed by atoms with Gasteiger partial charge in [-0.2, -0.15) is 0 Å². The fourth-order valence-corrected chi connectivity index (χ4v) is 1.74. The van der Waals surface area contributed by atoms with E-state index in [0.29, 0.717) is 28.8 Å². The van der Waals surface area contributed by atoms with Gasteiger partial charge in [-0.1, -0.05) is 23.2 Å². The molecule has 0 aromatic heterocycles. The number of hydrogen-bond donors (Lipinski definition) is 2. The topological polar surface area (TPSA) is 64.3 Å². The van der Waals surface area contributed by atoms with Gasteiger partial charge in [-0.15, -0.1) is 0 Å². The van der Waals surface area contributed by atoms with Gasteiger partial charge in [-0.25, -0.2) is 5.84 Å². The lowest BCUT2D eigenvalue weighted by atomic mass is 10.2. The van der Waals surface area contributed by atoms with E-state index < -0.39 is 0 Å². The molecule has 18 heavy (non-hydrogen) atoms. The maximum atomic E-state index is 10.8. The van der Waals surface area contributed by atoms with Gasteiger partial charge in [-0.3, -0.25) is 10.2 Å². The highest BCUT2D eigenvalue weighted by Gasteiger charge is 2.02. The second kappa shape index (κ2) is 8.19. The number of hydrogen-bond acceptors (Lipinski definition) is 3. The number of unbranched alkanes of at least 4 members (excludes halogenated alkanes) is 2. The molecule has 0 saturated heterocycles. The molecule has 0 saturated carbocycles. The molecule has 0 fully saturated rings. The van der Waals surface area contributed by atoms with Crippen LogP contribution < -0.4 is 16.0 Å². The van der Waals surface area contributed by atoms with E-state index in [1.54, 1.807) is 18.2 Å². The minimum absolute atomic E-state index is 0.145. The Balaban J connectivity index is 2.18. The van der Waals surface area contributed by atoms with Crippen LogP contribution in [0.1, 0.15) is 25.7 Å². The van der Waals surface area contributed by atoms with Gasteiger partial charge in [0.25, 0.3) is 0 Å². The summed E-state index contributed by atoms with van der Waals surface area (Å²) in [4.78, 5) is 10.8. The number of halogens is 2. The summed E-state index contributed by atoms with van der Waals surface area (Å²) in [5.41, 5.74) is 2.09. The van der Waals surface area contributed by atoms with E-state index >= 15 is 0 Å². The van der Waals surface area contributed by atoms with Gasteiger partial charge in [0.05, 0.1) is 11.6 Å². The average Bonchev–Trinajstić information content (AvgIpc) is 2.37. The number of nitrogens with two attached hydrogens (primary N) is 1. The van der Waals surface area contributed by atoms with Crippen LogP contribution in [0.25, 0.3) is 0 Å². The van der Waals surface area contributed by atoms with E-state index in [1.807, 2.05) is 0 Å². The zero-order chi connectivity index (χ0) is 13.4. The summed E-state index contributed by atoms with van der Waals surface area (Å²) < 4.78 is 5.51. The Morgan fingerprint density at radius 3 is 2.78 bits per heavy atom. The van der Waals surface area contributed by atoms with E-state index in [9.17, 15) is 4.79 Å². The van der Waals surface area contributed by atoms with Gasteiger partial charge in [0.1, 0.15) is 5.75 Å². The number of carbonyl (C=O) groups excluding carboxylic acids is 1. The highest BCUT2D eigenvalue weighted by Crippen LogP contribution is 2.27.